The fraction of sp³-hybridized carbons (Fsp3) is 0.115. The lowest BCUT2D eigenvalue weighted by Crippen LogP contribution is -2.31. The van der Waals surface area contributed by atoms with E-state index in [1.54, 1.807) is 11.2 Å². The van der Waals surface area contributed by atoms with Gasteiger partial charge in [0.25, 0.3) is 5.91 Å². The molecule has 2 heterocycles. The number of hydrogen-bond acceptors (Lipinski definition) is 4. The number of carbonyl (C=O) groups excluding carboxylic acids is 1. The molecule has 1 N–H and O–H groups in total. The maximum atomic E-state index is 13.3. The molecule has 1 aliphatic rings. The van der Waals surface area contributed by atoms with Gasteiger partial charge in [0.2, 0.25) is 0 Å². The van der Waals surface area contributed by atoms with Crippen molar-refractivity contribution in [3.8, 4) is 0 Å². The molecule has 0 bridgehead atoms. The van der Waals surface area contributed by atoms with E-state index in [0.29, 0.717) is 18.0 Å². The summed E-state index contributed by atoms with van der Waals surface area (Å²) in [5, 5.41) is 0.752. The van der Waals surface area contributed by atoms with Crippen molar-refractivity contribution in [2.45, 2.75) is 13.0 Å². The Morgan fingerprint density at radius 3 is 2.50 bits per heavy atom. The number of aromatic nitrogens is 2. The van der Waals surface area contributed by atoms with Gasteiger partial charge in [-0.25, -0.2) is 4.98 Å². The zero-order chi connectivity index (χ0) is 21.8. The minimum Gasteiger partial charge on any atom is -0.345 e. The molecule has 0 radical (unpaired) electrons. The number of amides is 1. The lowest BCUT2D eigenvalue weighted by Gasteiger charge is -2.15. The van der Waals surface area contributed by atoms with E-state index in [9.17, 15) is 4.79 Å². The Kier molecular flexibility index (Phi) is 5.85. The second kappa shape index (κ2) is 9.24. The summed E-state index contributed by atoms with van der Waals surface area (Å²) in [4.78, 5) is 28.0. The Morgan fingerprint density at radius 1 is 0.969 bits per heavy atom. The second-order valence-electron chi connectivity index (χ2n) is 7.57. The Hall–Kier alpha value is -3.64. The normalized spacial score (nSPS) is 16.5. The van der Waals surface area contributed by atoms with Gasteiger partial charge in [-0.15, -0.1) is 0 Å². The van der Waals surface area contributed by atoms with E-state index in [2.05, 4.69) is 34.2 Å². The van der Waals surface area contributed by atoms with E-state index in [0.717, 1.165) is 33.7 Å². The first-order valence-corrected chi connectivity index (χ1v) is 11.3. The number of rotatable bonds is 6. The van der Waals surface area contributed by atoms with Gasteiger partial charge in [-0.1, -0.05) is 66.7 Å². The Balaban J connectivity index is 1.41. The zero-order valence-electron chi connectivity index (χ0n) is 17.4. The second-order valence-corrected chi connectivity index (χ2v) is 8.58. The average Bonchev–Trinajstić information content (AvgIpc) is 3.42. The third-order valence-electron chi connectivity index (χ3n) is 5.34. The standard InChI is InChI=1S/C26H22N4OS/c31-25-24(16-21-11-12-22-23(15-21)29-18-28-22)32-26(27-17-20-9-5-2-6-10-20)30(25)14-13-19-7-3-1-4-8-19/h1-12,15-16,18H,13-14,17H2,(H,28,29)/b24-16-,27-26-. The van der Waals surface area contributed by atoms with Crippen LogP contribution in [0.25, 0.3) is 17.1 Å². The third kappa shape index (κ3) is 4.50. The van der Waals surface area contributed by atoms with Crippen LogP contribution in [-0.2, 0) is 17.8 Å². The molecular formula is C26H22N4OS. The highest BCUT2D eigenvalue weighted by atomic mass is 32.2. The van der Waals surface area contributed by atoms with Crippen molar-refractivity contribution in [3.05, 3.63) is 107 Å². The van der Waals surface area contributed by atoms with Gasteiger partial charge in [0.05, 0.1) is 28.8 Å². The molecule has 0 atom stereocenters. The maximum absolute atomic E-state index is 13.3. The predicted molar refractivity (Wildman–Crippen MR) is 131 cm³/mol. The summed E-state index contributed by atoms with van der Waals surface area (Å²) in [6, 6.07) is 26.3. The van der Waals surface area contributed by atoms with Crippen molar-refractivity contribution in [1.29, 1.82) is 0 Å². The number of nitrogens with one attached hydrogen (secondary N) is 1. The van der Waals surface area contributed by atoms with Gasteiger partial charge in [-0.2, -0.15) is 0 Å². The minimum absolute atomic E-state index is 0.000123. The Bertz CT molecular complexity index is 1300. The third-order valence-corrected chi connectivity index (χ3v) is 6.38. The first kappa shape index (κ1) is 20.3. The van der Waals surface area contributed by atoms with Crippen LogP contribution in [0, 0.1) is 0 Å². The Labute approximate surface area is 190 Å². The molecule has 1 saturated heterocycles. The van der Waals surface area contributed by atoms with Crippen molar-refractivity contribution < 1.29 is 4.79 Å². The van der Waals surface area contributed by atoms with Crippen LogP contribution in [0.2, 0.25) is 0 Å². The molecule has 1 amide bonds. The highest BCUT2D eigenvalue weighted by Crippen LogP contribution is 2.33. The van der Waals surface area contributed by atoms with Crippen LogP contribution >= 0.6 is 11.8 Å². The molecule has 1 fully saturated rings. The topological polar surface area (TPSA) is 61.4 Å². The van der Waals surface area contributed by atoms with Crippen molar-refractivity contribution in [3.63, 3.8) is 0 Å². The number of hydrogen-bond donors (Lipinski definition) is 1. The van der Waals surface area contributed by atoms with Crippen LogP contribution in [-0.4, -0.2) is 32.5 Å². The summed E-state index contributed by atoms with van der Waals surface area (Å²) >= 11 is 1.44. The summed E-state index contributed by atoms with van der Waals surface area (Å²) in [6.45, 7) is 1.14. The molecule has 0 unspecified atom stereocenters. The molecule has 0 aliphatic carbocycles. The van der Waals surface area contributed by atoms with E-state index < -0.39 is 0 Å². The SMILES string of the molecule is O=C1/C(=C/c2ccc3[nH]cnc3c2)S/C(=N\Cc2ccccc2)N1CCc1ccccc1. The van der Waals surface area contributed by atoms with E-state index in [1.165, 1.54) is 17.3 Å². The van der Waals surface area contributed by atoms with Crippen molar-refractivity contribution in [2.75, 3.05) is 6.54 Å². The largest absolute Gasteiger partial charge is 0.345 e. The number of imidazole rings is 1. The number of benzene rings is 3. The van der Waals surface area contributed by atoms with Gasteiger partial charge < -0.3 is 4.98 Å². The van der Waals surface area contributed by atoms with Crippen LogP contribution in [0.4, 0.5) is 0 Å². The van der Waals surface area contributed by atoms with E-state index in [4.69, 9.17) is 4.99 Å². The van der Waals surface area contributed by atoms with Gasteiger partial charge in [0.1, 0.15) is 0 Å². The van der Waals surface area contributed by atoms with Crippen LogP contribution < -0.4 is 0 Å². The van der Waals surface area contributed by atoms with Crippen LogP contribution in [0.15, 0.2) is 95.1 Å². The molecule has 1 aromatic heterocycles. The zero-order valence-corrected chi connectivity index (χ0v) is 18.3. The van der Waals surface area contributed by atoms with Gasteiger partial charge in [-0.3, -0.25) is 14.7 Å². The van der Waals surface area contributed by atoms with Gasteiger partial charge in [0, 0.05) is 6.54 Å². The minimum atomic E-state index is -0.000123. The summed E-state index contributed by atoms with van der Waals surface area (Å²) < 4.78 is 0. The molecular weight excluding hydrogens is 416 g/mol. The van der Waals surface area contributed by atoms with E-state index in [-0.39, 0.29) is 5.91 Å². The lowest BCUT2D eigenvalue weighted by atomic mass is 10.1. The molecule has 0 saturated carbocycles. The quantitative estimate of drug-likeness (QED) is 0.417. The van der Waals surface area contributed by atoms with Crippen molar-refractivity contribution in [1.82, 2.24) is 14.9 Å². The number of carbonyl (C=O) groups is 1. The molecule has 32 heavy (non-hydrogen) atoms. The number of H-pyrrole nitrogens is 1. The molecule has 1 aliphatic heterocycles. The summed E-state index contributed by atoms with van der Waals surface area (Å²) in [5.74, 6) is -0.000123. The molecule has 3 aromatic carbocycles. The Morgan fingerprint density at radius 2 is 1.72 bits per heavy atom. The molecule has 158 valence electrons. The number of nitrogens with zero attached hydrogens (tertiary/aromatic N) is 3. The summed E-state index contributed by atoms with van der Waals surface area (Å²) in [6.07, 6.45) is 4.39. The first-order valence-electron chi connectivity index (χ1n) is 10.5. The number of fused-ring (bicyclic) bond motifs is 1. The molecule has 5 nitrogen and oxygen atoms in total. The van der Waals surface area contributed by atoms with Crippen molar-refractivity contribution >= 4 is 39.9 Å². The average molecular weight is 439 g/mol. The van der Waals surface area contributed by atoms with Crippen molar-refractivity contribution in [2.24, 2.45) is 4.99 Å². The number of amidine groups is 1. The predicted octanol–water partition coefficient (Wildman–Crippen LogP) is 5.28. The van der Waals surface area contributed by atoms with Gasteiger partial charge in [0.15, 0.2) is 5.17 Å². The first-order chi connectivity index (χ1) is 15.8. The summed E-state index contributed by atoms with van der Waals surface area (Å²) in [5.41, 5.74) is 5.14. The van der Waals surface area contributed by atoms with Gasteiger partial charge >= 0.3 is 0 Å². The van der Waals surface area contributed by atoms with Crippen LogP contribution in [0.1, 0.15) is 16.7 Å². The van der Waals surface area contributed by atoms with Gasteiger partial charge in [-0.05, 0) is 53.1 Å². The molecule has 6 heteroatoms. The number of aromatic amines is 1. The lowest BCUT2D eigenvalue weighted by molar-refractivity contribution is -0.122. The smallest absolute Gasteiger partial charge is 0.266 e. The summed E-state index contributed by atoms with van der Waals surface area (Å²) in [7, 11) is 0. The molecule has 4 aromatic rings. The van der Waals surface area contributed by atoms with Crippen LogP contribution in [0.5, 0.6) is 0 Å². The highest BCUT2D eigenvalue weighted by molar-refractivity contribution is 8.18. The van der Waals surface area contributed by atoms with E-state index in [1.807, 2.05) is 60.7 Å². The molecule has 0 spiro atoms. The fourth-order valence-electron chi connectivity index (χ4n) is 3.64. The van der Waals surface area contributed by atoms with Crippen LogP contribution in [0.3, 0.4) is 0 Å². The highest BCUT2D eigenvalue weighted by Gasteiger charge is 2.32. The fourth-order valence-corrected chi connectivity index (χ4v) is 4.64. The molecule has 5 rings (SSSR count). The van der Waals surface area contributed by atoms with E-state index >= 15 is 0 Å². The number of thioether (sulfide) groups is 1. The number of aliphatic imine (C=N–C) groups is 1. The monoisotopic (exact) mass is 438 g/mol. The maximum Gasteiger partial charge on any atom is 0.266 e.